The van der Waals surface area contributed by atoms with Crippen LogP contribution in [0.15, 0.2) is 78.0 Å². The largest absolute Gasteiger partial charge is 0.326 e. The summed E-state index contributed by atoms with van der Waals surface area (Å²) in [5.74, 6) is -0.614. The Hall–Kier alpha value is -3.99. The molecule has 1 atom stereocenters. The highest BCUT2D eigenvalue weighted by molar-refractivity contribution is 7.92. The predicted octanol–water partition coefficient (Wildman–Crippen LogP) is 3.16. The van der Waals surface area contributed by atoms with Gasteiger partial charge in [0.2, 0.25) is 11.9 Å². The van der Waals surface area contributed by atoms with Gasteiger partial charge in [0.05, 0.1) is 10.8 Å². The number of carbonyl (C=O) groups is 2. The second kappa shape index (κ2) is 10.3. The Bertz CT molecular complexity index is 1240. The molecule has 10 nitrogen and oxygen atoms in total. The zero-order valence-corrected chi connectivity index (χ0v) is 19.0. The van der Waals surface area contributed by atoms with Crippen molar-refractivity contribution in [2.75, 3.05) is 28.4 Å². The predicted molar refractivity (Wildman–Crippen MR) is 128 cm³/mol. The summed E-state index contributed by atoms with van der Waals surface area (Å²) in [5.41, 5.74) is 1.16. The number of piperidine rings is 1. The molecule has 0 radical (unpaired) electrons. The van der Waals surface area contributed by atoms with Gasteiger partial charge in [-0.2, -0.15) is 0 Å². The summed E-state index contributed by atoms with van der Waals surface area (Å²) >= 11 is 0. The fourth-order valence-corrected chi connectivity index (χ4v) is 4.55. The molecule has 1 saturated heterocycles. The molecular formula is C23H24N6O4S. The van der Waals surface area contributed by atoms with Crippen molar-refractivity contribution in [3.63, 3.8) is 0 Å². The van der Waals surface area contributed by atoms with Crippen LogP contribution in [0.25, 0.3) is 0 Å². The van der Waals surface area contributed by atoms with Gasteiger partial charge in [-0.1, -0.05) is 18.2 Å². The van der Waals surface area contributed by atoms with Crippen LogP contribution in [-0.4, -0.2) is 48.3 Å². The van der Waals surface area contributed by atoms with E-state index in [0.29, 0.717) is 37.3 Å². The molecule has 34 heavy (non-hydrogen) atoms. The maximum absolute atomic E-state index is 12.8. The molecule has 3 aromatic rings. The summed E-state index contributed by atoms with van der Waals surface area (Å²) in [6.45, 7) is 0.880. The minimum Gasteiger partial charge on any atom is -0.326 e. The maximum Gasteiger partial charge on any atom is 0.321 e. The Labute approximate surface area is 197 Å². The van der Waals surface area contributed by atoms with Crippen molar-refractivity contribution in [3.05, 3.63) is 73.1 Å². The molecule has 1 aliphatic rings. The lowest BCUT2D eigenvalue weighted by atomic mass is 9.97. The Morgan fingerprint density at radius 1 is 0.882 bits per heavy atom. The third-order valence-corrected chi connectivity index (χ3v) is 6.67. The third kappa shape index (κ3) is 5.87. The SMILES string of the molecule is O=C(Nc1ccc(S(=O)(=O)Nc2ncccn2)cc1)[C@@H]1CCCN(C(=O)Nc2ccccc2)C1. The van der Waals surface area contributed by atoms with Gasteiger partial charge in [0.1, 0.15) is 0 Å². The number of anilines is 3. The zero-order chi connectivity index (χ0) is 24.0. The molecule has 0 unspecified atom stereocenters. The van der Waals surface area contributed by atoms with E-state index in [4.69, 9.17) is 0 Å². The number of amides is 3. The number of aromatic nitrogens is 2. The molecule has 2 heterocycles. The molecule has 0 spiro atoms. The minimum absolute atomic E-state index is 0.0133. The van der Waals surface area contributed by atoms with Gasteiger partial charge < -0.3 is 15.5 Å². The number of rotatable bonds is 6. The van der Waals surface area contributed by atoms with Gasteiger partial charge in [-0.15, -0.1) is 0 Å². The average molecular weight is 481 g/mol. The van der Waals surface area contributed by atoms with Gasteiger partial charge in [0.25, 0.3) is 10.0 Å². The monoisotopic (exact) mass is 480 g/mol. The van der Waals surface area contributed by atoms with Crippen molar-refractivity contribution < 1.29 is 18.0 Å². The highest BCUT2D eigenvalue weighted by Gasteiger charge is 2.28. The molecule has 2 aromatic carbocycles. The number of likely N-dealkylation sites (tertiary alicyclic amines) is 1. The van der Waals surface area contributed by atoms with Crippen LogP contribution in [-0.2, 0) is 14.8 Å². The molecule has 0 aliphatic carbocycles. The van der Waals surface area contributed by atoms with E-state index < -0.39 is 10.0 Å². The van der Waals surface area contributed by atoms with Crippen LogP contribution in [0.5, 0.6) is 0 Å². The number of hydrogen-bond donors (Lipinski definition) is 3. The molecule has 11 heteroatoms. The highest BCUT2D eigenvalue weighted by atomic mass is 32.2. The second-order valence-electron chi connectivity index (χ2n) is 7.77. The number of nitrogens with one attached hydrogen (secondary N) is 3. The van der Waals surface area contributed by atoms with Crippen LogP contribution < -0.4 is 15.4 Å². The van der Waals surface area contributed by atoms with Crippen LogP contribution in [0.4, 0.5) is 22.1 Å². The topological polar surface area (TPSA) is 133 Å². The van der Waals surface area contributed by atoms with E-state index >= 15 is 0 Å². The van der Waals surface area contributed by atoms with Gasteiger partial charge in [0.15, 0.2) is 0 Å². The molecule has 1 aromatic heterocycles. The third-order valence-electron chi connectivity index (χ3n) is 5.33. The molecule has 1 aliphatic heterocycles. The summed E-state index contributed by atoms with van der Waals surface area (Å²) in [4.78, 5) is 34.7. The average Bonchev–Trinajstić information content (AvgIpc) is 2.85. The molecule has 0 bridgehead atoms. The smallest absolute Gasteiger partial charge is 0.321 e. The van der Waals surface area contributed by atoms with Crippen LogP contribution in [0, 0.1) is 5.92 Å². The fourth-order valence-electron chi connectivity index (χ4n) is 3.59. The lowest BCUT2D eigenvalue weighted by Gasteiger charge is -2.32. The summed E-state index contributed by atoms with van der Waals surface area (Å²) < 4.78 is 27.3. The normalized spacial score (nSPS) is 15.9. The number of nitrogens with zero attached hydrogens (tertiary/aromatic N) is 3. The molecule has 4 rings (SSSR count). The van der Waals surface area contributed by atoms with Gasteiger partial charge in [0, 0.05) is 36.9 Å². The lowest BCUT2D eigenvalue weighted by molar-refractivity contribution is -0.121. The molecule has 3 N–H and O–H groups in total. The van der Waals surface area contributed by atoms with Crippen molar-refractivity contribution in [2.24, 2.45) is 5.92 Å². The molecule has 3 amide bonds. The van der Waals surface area contributed by atoms with E-state index in [-0.39, 0.29) is 28.7 Å². The van der Waals surface area contributed by atoms with E-state index in [9.17, 15) is 18.0 Å². The number of benzene rings is 2. The van der Waals surface area contributed by atoms with Crippen LogP contribution in [0.1, 0.15) is 12.8 Å². The molecule has 1 fully saturated rings. The van der Waals surface area contributed by atoms with Gasteiger partial charge in [-0.05, 0) is 55.3 Å². The van der Waals surface area contributed by atoms with Crippen molar-refractivity contribution >= 4 is 39.3 Å². The summed E-state index contributed by atoms with van der Waals surface area (Å²) in [7, 11) is -3.86. The first-order chi connectivity index (χ1) is 16.4. The minimum atomic E-state index is -3.86. The van der Waals surface area contributed by atoms with E-state index in [1.54, 1.807) is 23.1 Å². The van der Waals surface area contributed by atoms with E-state index in [2.05, 4.69) is 25.3 Å². The first kappa shape index (κ1) is 23.2. The number of para-hydroxylation sites is 1. The Kier molecular flexibility index (Phi) is 7.02. The first-order valence-corrected chi connectivity index (χ1v) is 12.2. The van der Waals surface area contributed by atoms with Crippen molar-refractivity contribution in [1.29, 1.82) is 0 Å². The van der Waals surface area contributed by atoms with Crippen LogP contribution in [0.3, 0.4) is 0 Å². The molecule has 0 saturated carbocycles. The van der Waals surface area contributed by atoms with Crippen LogP contribution in [0.2, 0.25) is 0 Å². The van der Waals surface area contributed by atoms with Gasteiger partial charge >= 0.3 is 6.03 Å². The van der Waals surface area contributed by atoms with E-state index in [0.717, 1.165) is 0 Å². The van der Waals surface area contributed by atoms with E-state index in [1.807, 2.05) is 18.2 Å². The molecular weight excluding hydrogens is 456 g/mol. The fraction of sp³-hybridized carbons (Fsp3) is 0.217. The van der Waals surface area contributed by atoms with Gasteiger partial charge in [-0.3, -0.25) is 4.79 Å². The summed E-state index contributed by atoms with van der Waals surface area (Å²) in [6.07, 6.45) is 4.24. The second-order valence-corrected chi connectivity index (χ2v) is 9.46. The van der Waals surface area contributed by atoms with Crippen molar-refractivity contribution in [2.45, 2.75) is 17.7 Å². The summed E-state index contributed by atoms with van der Waals surface area (Å²) in [5, 5.41) is 5.65. The maximum atomic E-state index is 12.8. The molecule has 176 valence electrons. The Morgan fingerprint density at radius 2 is 1.56 bits per heavy atom. The summed E-state index contributed by atoms with van der Waals surface area (Å²) in [6, 6.07) is 16.3. The van der Waals surface area contributed by atoms with Crippen molar-refractivity contribution in [3.8, 4) is 0 Å². The number of sulfonamides is 1. The van der Waals surface area contributed by atoms with Gasteiger partial charge in [-0.25, -0.2) is 27.9 Å². The number of urea groups is 1. The quantitative estimate of drug-likeness (QED) is 0.496. The van der Waals surface area contributed by atoms with E-state index in [1.165, 1.54) is 36.7 Å². The zero-order valence-electron chi connectivity index (χ0n) is 18.2. The number of carbonyl (C=O) groups excluding carboxylic acids is 2. The lowest BCUT2D eigenvalue weighted by Crippen LogP contribution is -2.45. The van der Waals surface area contributed by atoms with Crippen LogP contribution >= 0.6 is 0 Å². The Morgan fingerprint density at radius 3 is 2.26 bits per heavy atom. The first-order valence-electron chi connectivity index (χ1n) is 10.7. The Balaban J connectivity index is 1.34. The standard InChI is InChI=1S/C23H24N6O4S/c30-21(17-6-4-15-29(16-17)23(31)27-18-7-2-1-3-8-18)26-19-9-11-20(12-10-19)34(32,33)28-22-24-13-5-14-25-22/h1-3,5,7-14,17H,4,6,15-16H2,(H,26,30)(H,27,31)(H,24,25,28)/t17-/m1/s1. The highest BCUT2D eigenvalue weighted by Crippen LogP contribution is 2.21. The number of hydrogen-bond acceptors (Lipinski definition) is 6. The van der Waals surface area contributed by atoms with Crippen molar-refractivity contribution in [1.82, 2.24) is 14.9 Å².